The van der Waals surface area contributed by atoms with E-state index in [9.17, 15) is 14.4 Å². The number of ketones is 1. The predicted octanol–water partition coefficient (Wildman–Crippen LogP) is 3.76. The molecule has 0 radical (unpaired) electrons. The van der Waals surface area contributed by atoms with Crippen molar-refractivity contribution >= 4 is 17.7 Å². The molecule has 2 aliphatic rings. The maximum absolute atomic E-state index is 13.3. The standard InChI is InChI=1S/C20H24O5/c1-13(21)24-15-9-7-14(8-10-15)16-19(2,3)17(22)20(18(23)25-16)11-5-4-6-12-20/h7-10,16H,4-6,11-12H2,1-3H3/t16-/m0/s1. The highest BCUT2D eigenvalue weighted by Crippen LogP contribution is 2.53. The minimum absolute atomic E-state index is 0.00925. The summed E-state index contributed by atoms with van der Waals surface area (Å²) in [7, 11) is 0. The van der Waals surface area contributed by atoms with Crippen LogP contribution in [0.3, 0.4) is 0 Å². The summed E-state index contributed by atoms with van der Waals surface area (Å²) in [4.78, 5) is 37.0. The van der Waals surface area contributed by atoms with Crippen LogP contribution in [0.15, 0.2) is 24.3 Å². The van der Waals surface area contributed by atoms with Gasteiger partial charge in [0.15, 0.2) is 5.78 Å². The van der Waals surface area contributed by atoms with Crippen molar-refractivity contribution in [1.29, 1.82) is 0 Å². The fraction of sp³-hybridized carbons (Fsp3) is 0.550. The Morgan fingerprint density at radius 3 is 2.24 bits per heavy atom. The molecular formula is C20H24O5. The molecule has 5 heteroatoms. The second-order valence-corrected chi connectivity index (χ2v) is 7.64. The van der Waals surface area contributed by atoms with Crippen LogP contribution in [0, 0.1) is 10.8 Å². The number of rotatable bonds is 2. The number of cyclic esters (lactones) is 1. The van der Waals surface area contributed by atoms with Crippen LogP contribution in [0.25, 0.3) is 0 Å². The van der Waals surface area contributed by atoms with Crippen molar-refractivity contribution in [2.75, 3.05) is 0 Å². The highest BCUT2D eigenvalue weighted by molar-refractivity contribution is 6.08. The van der Waals surface area contributed by atoms with E-state index < -0.39 is 22.9 Å². The van der Waals surface area contributed by atoms with Gasteiger partial charge in [-0.1, -0.05) is 31.4 Å². The van der Waals surface area contributed by atoms with E-state index in [2.05, 4.69) is 0 Å². The molecule has 1 heterocycles. The van der Waals surface area contributed by atoms with E-state index in [-0.39, 0.29) is 11.8 Å². The minimum Gasteiger partial charge on any atom is -0.456 e. The van der Waals surface area contributed by atoms with Gasteiger partial charge >= 0.3 is 11.9 Å². The molecule has 1 spiro atoms. The van der Waals surface area contributed by atoms with Gasteiger partial charge in [-0.3, -0.25) is 14.4 Å². The number of carbonyl (C=O) groups is 3. The average Bonchev–Trinajstić information content (AvgIpc) is 2.58. The van der Waals surface area contributed by atoms with E-state index >= 15 is 0 Å². The van der Waals surface area contributed by atoms with Crippen molar-refractivity contribution in [2.24, 2.45) is 10.8 Å². The van der Waals surface area contributed by atoms with Crippen LogP contribution in [0.5, 0.6) is 5.75 Å². The number of benzene rings is 1. The molecule has 1 saturated carbocycles. The first kappa shape index (κ1) is 17.6. The summed E-state index contributed by atoms with van der Waals surface area (Å²) < 4.78 is 10.8. The Morgan fingerprint density at radius 1 is 1.08 bits per heavy atom. The third-order valence-corrected chi connectivity index (χ3v) is 5.44. The van der Waals surface area contributed by atoms with Crippen molar-refractivity contribution in [1.82, 2.24) is 0 Å². The fourth-order valence-electron chi connectivity index (χ4n) is 4.14. The van der Waals surface area contributed by atoms with Gasteiger partial charge in [0.1, 0.15) is 17.3 Å². The van der Waals surface area contributed by atoms with Gasteiger partial charge < -0.3 is 9.47 Å². The van der Waals surface area contributed by atoms with Gasteiger partial charge in [0.2, 0.25) is 0 Å². The molecule has 1 aromatic rings. The molecule has 2 fully saturated rings. The van der Waals surface area contributed by atoms with Crippen molar-refractivity contribution < 1.29 is 23.9 Å². The van der Waals surface area contributed by atoms with Gasteiger partial charge in [0.25, 0.3) is 0 Å². The smallest absolute Gasteiger partial charge is 0.320 e. The molecular weight excluding hydrogens is 320 g/mol. The predicted molar refractivity (Wildman–Crippen MR) is 90.9 cm³/mol. The maximum Gasteiger partial charge on any atom is 0.320 e. The molecule has 0 N–H and O–H groups in total. The Bertz CT molecular complexity index is 695. The lowest BCUT2D eigenvalue weighted by molar-refractivity contribution is -0.192. The molecule has 134 valence electrons. The molecule has 5 nitrogen and oxygen atoms in total. The lowest BCUT2D eigenvalue weighted by Crippen LogP contribution is -2.55. The summed E-state index contributed by atoms with van der Waals surface area (Å²) in [5.74, 6) is -0.367. The molecule has 1 aliphatic heterocycles. The molecule has 1 saturated heterocycles. The number of ether oxygens (including phenoxy) is 2. The van der Waals surface area contributed by atoms with Crippen LogP contribution in [-0.2, 0) is 19.1 Å². The molecule has 25 heavy (non-hydrogen) atoms. The van der Waals surface area contributed by atoms with Gasteiger partial charge in [0.05, 0.1) is 5.41 Å². The van der Waals surface area contributed by atoms with Crippen LogP contribution in [0.2, 0.25) is 0 Å². The quantitative estimate of drug-likeness (QED) is 0.464. The van der Waals surface area contributed by atoms with E-state index in [0.717, 1.165) is 24.8 Å². The van der Waals surface area contributed by atoms with Gasteiger partial charge in [-0.25, -0.2) is 0 Å². The topological polar surface area (TPSA) is 69.7 Å². The zero-order valence-electron chi connectivity index (χ0n) is 15.0. The first-order valence-electron chi connectivity index (χ1n) is 8.82. The number of Topliss-reactive ketones (excluding diaryl/α,β-unsaturated/α-hetero) is 1. The van der Waals surface area contributed by atoms with Crippen LogP contribution in [0.1, 0.15) is 64.5 Å². The van der Waals surface area contributed by atoms with Crippen molar-refractivity contribution in [3.8, 4) is 5.75 Å². The normalized spacial score (nSPS) is 24.7. The third kappa shape index (κ3) is 2.96. The van der Waals surface area contributed by atoms with Gasteiger partial charge in [-0.05, 0) is 44.4 Å². The Morgan fingerprint density at radius 2 is 1.68 bits per heavy atom. The van der Waals surface area contributed by atoms with E-state index in [1.165, 1.54) is 6.92 Å². The number of hydrogen-bond donors (Lipinski definition) is 0. The lowest BCUT2D eigenvalue weighted by atomic mass is 9.60. The highest BCUT2D eigenvalue weighted by atomic mass is 16.6. The zero-order valence-corrected chi connectivity index (χ0v) is 15.0. The molecule has 1 aliphatic carbocycles. The molecule has 1 aromatic carbocycles. The van der Waals surface area contributed by atoms with Crippen molar-refractivity contribution in [2.45, 2.75) is 59.0 Å². The first-order chi connectivity index (χ1) is 11.8. The number of hydrogen-bond acceptors (Lipinski definition) is 5. The number of carbonyl (C=O) groups excluding carboxylic acids is 3. The number of esters is 2. The minimum atomic E-state index is -0.962. The van der Waals surface area contributed by atoms with E-state index in [0.29, 0.717) is 18.6 Å². The average molecular weight is 344 g/mol. The Labute approximate surface area is 147 Å². The highest BCUT2D eigenvalue weighted by Gasteiger charge is 2.60. The van der Waals surface area contributed by atoms with E-state index in [1.54, 1.807) is 24.3 Å². The second-order valence-electron chi connectivity index (χ2n) is 7.64. The van der Waals surface area contributed by atoms with Crippen LogP contribution < -0.4 is 4.74 Å². The SMILES string of the molecule is CC(=O)Oc1ccc([C@@H]2OC(=O)C3(CCCCC3)C(=O)C2(C)C)cc1. The summed E-state index contributed by atoms with van der Waals surface area (Å²) in [6.07, 6.45) is 3.38. The van der Waals surface area contributed by atoms with E-state index in [4.69, 9.17) is 9.47 Å². The molecule has 0 unspecified atom stereocenters. The molecule has 0 amide bonds. The van der Waals surface area contributed by atoms with Gasteiger partial charge in [0, 0.05) is 6.92 Å². The third-order valence-electron chi connectivity index (χ3n) is 5.44. The molecule has 3 rings (SSSR count). The molecule has 0 bridgehead atoms. The molecule has 1 atom stereocenters. The monoisotopic (exact) mass is 344 g/mol. The molecule has 0 aromatic heterocycles. The summed E-state index contributed by atoms with van der Waals surface area (Å²) in [5, 5.41) is 0. The second kappa shape index (κ2) is 6.28. The summed E-state index contributed by atoms with van der Waals surface area (Å²) in [6, 6.07) is 6.78. The van der Waals surface area contributed by atoms with Crippen LogP contribution in [0.4, 0.5) is 0 Å². The lowest BCUT2D eigenvalue weighted by Gasteiger charge is -2.47. The van der Waals surface area contributed by atoms with E-state index in [1.807, 2.05) is 13.8 Å². The largest absolute Gasteiger partial charge is 0.456 e. The zero-order chi connectivity index (χ0) is 18.2. The Hall–Kier alpha value is -2.17. The van der Waals surface area contributed by atoms with Gasteiger partial charge in [-0.2, -0.15) is 0 Å². The van der Waals surface area contributed by atoms with Crippen molar-refractivity contribution in [3.05, 3.63) is 29.8 Å². The summed E-state index contributed by atoms with van der Waals surface area (Å²) in [5.41, 5.74) is -1.03. The Kier molecular flexibility index (Phi) is 4.43. The fourth-order valence-corrected chi connectivity index (χ4v) is 4.14. The van der Waals surface area contributed by atoms with Gasteiger partial charge in [-0.15, -0.1) is 0 Å². The van der Waals surface area contributed by atoms with Crippen LogP contribution >= 0.6 is 0 Å². The van der Waals surface area contributed by atoms with Crippen LogP contribution in [-0.4, -0.2) is 17.7 Å². The Balaban J connectivity index is 1.89. The first-order valence-corrected chi connectivity index (χ1v) is 8.82. The maximum atomic E-state index is 13.3. The summed E-state index contributed by atoms with van der Waals surface area (Å²) in [6.45, 7) is 5.04. The van der Waals surface area contributed by atoms with Crippen molar-refractivity contribution in [3.63, 3.8) is 0 Å². The summed E-state index contributed by atoms with van der Waals surface area (Å²) >= 11 is 0.